The van der Waals surface area contributed by atoms with Gasteiger partial charge >= 0.3 is 6.03 Å². The average Bonchev–Trinajstić information content (AvgIpc) is 3.01. The molecule has 7 nitrogen and oxygen atoms in total. The van der Waals surface area contributed by atoms with Crippen molar-refractivity contribution < 1.29 is 19.1 Å². The fourth-order valence-corrected chi connectivity index (χ4v) is 4.36. The second kappa shape index (κ2) is 8.79. The Hall–Kier alpha value is -3.35. The maximum Gasteiger partial charge on any atom is 0.325 e. The van der Waals surface area contributed by atoms with Gasteiger partial charge in [0.05, 0.1) is 0 Å². The van der Waals surface area contributed by atoms with Crippen LogP contribution in [0.4, 0.5) is 10.5 Å². The minimum Gasteiger partial charge on any atom is -0.489 e. The van der Waals surface area contributed by atoms with E-state index in [4.69, 9.17) is 4.74 Å². The number of imide groups is 1. The summed E-state index contributed by atoms with van der Waals surface area (Å²) in [6.45, 7) is 2.15. The first kappa shape index (κ1) is 20.9. The van der Waals surface area contributed by atoms with E-state index in [1.807, 2.05) is 37.3 Å². The quantitative estimate of drug-likeness (QED) is 0.696. The monoisotopic (exact) mass is 421 g/mol. The van der Waals surface area contributed by atoms with Gasteiger partial charge in [-0.1, -0.05) is 50.1 Å². The van der Waals surface area contributed by atoms with E-state index in [1.54, 1.807) is 24.3 Å². The fraction of sp³-hybridized carbons (Fsp3) is 0.375. The van der Waals surface area contributed by atoms with E-state index in [2.05, 4.69) is 10.6 Å². The third kappa shape index (κ3) is 4.40. The number of rotatable bonds is 6. The minimum atomic E-state index is -0.854. The highest BCUT2D eigenvalue weighted by atomic mass is 16.5. The normalized spacial score (nSPS) is 23.0. The second-order valence-corrected chi connectivity index (χ2v) is 8.29. The van der Waals surface area contributed by atoms with Gasteiger partial charge in [0, 0.05) is 5.69 Å². The van der Waals surface area contributed by atoms with Crippen LogP contribution < -0.4 is 15.4 Å². The van der Waals surface area contributed by atoms with Crippen molar-refractivity contribution in [3.8, 4) is 5.75 Å². The number of urea groups is 1. The molecule has 4 rings (SSSR count). The van der Waals surface area contributed by atoms with Gasteiger partial charge in [-0.25, -0.2) is 4.79 Å². The predicted octanol–water partition coefficient (Wildman–Crippen LogP) is 3.70. The van der Waals surface area contributed by atoms with E-state index in [-0.39, 0.29) is 18.4 Å². The molecule has 1 heterocycles. The molecule has 7 heteroatoms. The molecule has 0 unspecified atom stereocenters. The molecule has 4 amide bonds. The molecule has 1 saturated carbocycles. The zero-order valence-electron chi connectivity index (χ0n) is 17.6. The molecule has 0 radical (unpaired) electrons. The first-order valence-corrected chi connectivity index (χ1v) is 10.7. The highest BCUT2D eigenvalue weighted by Gasteiger charge is 2.55. The highest BCUT2D eigenvalue weighted by Crippen LogP contribution is 2.38. The van der Waals surface area contributed by atoms with Crippen molar-refractivity contribution in [2.45, 2.75) is 44.8 Å². The third-order valence-electron chi connectivity index (χ3n) is 6.19. The second-order valence-electron chi connectivity index (χ2n) is 8.29. The van der Waals surface area contributed by atoms with Crippen LogP contribution in [0.1, 0.15) is 38.2 Å². The van der Waals surface area contributed by atoms with E-state index in [9.17, 15) is 14.4 Å². The van der Waals surface area contributed by atoms with Gasteiger partial charge in [0.2, 0.25) is 5.91 Å². The van der Waals surface area contributed by atoms with E-state index in [1.165, 1.54) is 0 Å². The van der Waals surface area contributed by atoms with E-state index in [0.29, 0.717) is 24.5 Å². The maximum absolute atomic E-state index is 13.0. The van der Waals surface area contributed by atoms with Crippen LogP contribution in [0.3, 0.4) is 0 Å². The predicted molar refractivity (Wildman–Crippen MR) is 116 cm³/mol. The molecule has 1 saturated heterocycles. The molecule has 2 atom stereocenters. The van der Waals surface area contributed by atoms with Crippen LogP contribution in [0.5, 0.6) is 5.75 Å². The number of hydrogen-bond acceptors (Lipinski definition) is 4. The highest BCUT2D eigenvalue weighted by molar-refractivity contribution is 6.10. The smallest absolute Gasteiger partial charge is 0.325 e. The number of anilines is 1. The molecular weight excluding hydrogens is 394 g/mol. The molecule has 1 spiro atoms. The average molecular weight is 421 g/mol. The minimum absolute atomic E-state index is 0.0641. The molecule has 2 fully saturated rings. The van der Waals surface area contributed by atoms with Gasteiger partial charge in [0.1, 0.15) is 24.4 Å². The standard InChI is InChI=1S/C24H27N3O4/c1-17-7-5-6-14-24(17)22(29)27(23(30)26-24)15-21(28)25-19-10-12-20(13-11-19)31-16-18-8-3-2-4-9-18/h2-4,8-13,17H,5-7,14-16H2,1H3,(H,25,28)(H,26,30)/t17-,24+/m0/s1. The summed E-state index contributed by atoms with van der Waals surface area (Å²) in [7, 11) is 0. The molecule has 2 aliphatic rings. The molecule has 0 bridgehead atoms. The van der Waals surface area contributed by atoms with Crippen molar-refractivity contribution in [2.24, 2.45) is 5.92 Å². The Morgan fingerprint density at radius 2 is 1.87 bits per heavy atom. The summed E-state index contributed by atoms with van der Waals surface area (Å²) in [5.74, 6) is 0.0462. The van der Waals surface area contributed by atoms with Gasteiger partial charge in [-0.2, -0.15) is 0 Å². The lowest BCUT2D eigenvalue weighted by Gasteiger charge is -2.36. The Morgan fingerprint density at radius 3 is 2.58 bits per heavy atom. The number of benzene rings is 2. The van der Waals surface area contributed by atoms with Crippen LogP contribution in [-0.4, -0.2) is 34.8 Å². The molecule has 2 aromatic carbocycles. The Morgan fingerprint density at radius 1 is 1.13 bits per heavy atom. The lowest BCUT2D eigenvalue weighted by molar-refractivity contribution is -0.136. The SMILES string of the molecule is C[C@H]1CCCC[C@@]12NC(=O)N(CC(=O)Nc1ccc(OCc3ccccc3)cc1)C2=O. The maximum atomic E-state index is 13.0. The van der Waals surface area contributed by atoms with Gasteiger partial charge in [-0.15, -0.1) is 0 Å². The summed E-state index contributed by atoms with van der Waals surface area (Å²) in [6, 6.07) is 16.4. The van der Waals surface area contributed by atoms with Gasteiger partial charge in [0.15, 0.2) is 0 Å². The van der Waals surface area contributed by atoms with Gasteiger partial charge in [-0.3, -0.25) is 14.5 Å². The zero-order chi connectivity index (χ0) is 21.8. The number of hydrogen-bond donors (Lipinski definition) is 2. The van der Waals surface area contributed by atoms with Crippen LogP contribution in [0.25, 0.3) is 0 Å². The fourth-order valence-electron chi connectivity index (χ4n) is 4.36. The number of ether oxygens (including phenoxy) is 1. The molecule has 1 aliphatic heterocycles. The Balaban J connectivity index is 1.32. The van der Waals surface area contributed by atoms with E-state index < -0.39 is 17.5 Å². The molecular formula is C24H27N3O4. The van der Waals surface area contributed by atoms with Crippen molar-refractivity contribution in [2.75, 3.05) is 11.9 Å². The molecule has 2 N–H and O–H groups in total. The summed E-state index contributed by atoms with van der Waals surface area (Å²) >= 11 is 0. The van der Waals surface area contributed by atoms with Gasteiger partial charge < -0.3 is 15.4 Å². The molecule has 31 heavy (non-hydrogen) atoms. The van der Waals surface area contributed by atoms with Crippen LogP contribution >= 0.6 is 0 Å². The van der Waals surface area contributed by atoms with Crippen molar-refractivity contribution in [1.29, 1.82) is 0 Å². The number of nitrogens with one attached hydrogen (secondary N) is 2. The lowest BCUT2D eigenvalue weighted by Crippen LogP contribution is -2.54. The summed E-state index contributed by atoms with van der Waals surface area (Å²) in [5.41, 5.74) is 0.788. The van der Waals surface area contributed by atoms with Crippen LogP contribution in [0.2, 0.25) is 0 Å². The third-order valence-corrected chi connectivity index (χ3v) is 6.19. The van der Waals surface area contributed by atoms with Crippen molar-refractivity contribution in [3.05, 3.63) is 60.2 Å². The summed E-state index contributed by atoms with van der Waals surface area (Å²) in [5, 5.41) is 5.61. The number of carbonyl (C=O) groups excluding carboxylic acids is 3. The summed E-state index contributed by atoms with van der Waals surface area (Å²) in [6.07, 6.45) is 3.47. The van der Waals surface area contributed by atoms with Crippen LogP contribution in [0, 0.1) is 5.92 Å². The Bertz CT molecular complexity index is 961. The van der Waals surface area contributed by atoms with Gasteiger partial charge in [0.25, 0.3) is 5.91 Å². The zero-order valence-corrected chi connectivity index (χ0v) is 17.6. The van der Waals surface area contributed by atoms with Crippen LogP contribution in [-0.2, 0) is 16.2 Å². The van der Waals surface area contributed by atoms with Crippen molar-refractivity contribution in [1.82, 2.24) is 10.2 Å². The molecule has 1 aliphatic carbocycles. The molecule has 0 aromatic heterocycles. The lowest BCUT2D eigenvalue weighted by atomic mass is 9.73. The number of nitrogens with zero attached hydrogens (tertiary/aromatic N) is 1. The van der Waals surface area contributed by atoms with E-state index >= 15 is 0 Å². The molecule has 162 valence electrons. The summed E-state index contributed by atoms with van der Waals surface area (Å²) in [4.78, 5) is 38.9. The van der Waals surface area contributed by atoms with Gasteiger partial charge in [-0.05, 0) is 48.6 Å². The van der Waals surface area contributed by atoms with Crippen molar-refractivity contribution in [3.63, 3.8) is 0 Å². The summed E-state index contributed by atoms with van der Waals surface area (Å²) < 4.78 is 5.74. The Labute approximate surface area is 181 Å². The first-order chi connectivity index (χ1) is 15.0. The van der Waals surface area contributed by atoms with Crippen molar-refractivity contribution >= 4 is 23.5 Å². The topological polar surface area (TPSA) is 87.7 Å². The van der Waals surface area contributed by atoms with Crippen LogP contribution in [0.15, 0.2) is 54.6 Å². The van der Waals surface area contributed by atoms with E-state index in [0.717, 1.165) is 29.7 Å². The largest absolute Gasteiger partial charge is 0.489 e. The number of amides is 4. The Kier molecular flexibility index (Phi) is 5.93. The first-order valence-electron chi connectivity index (χ1n) is 10.7. The number of carbonyl (C=O) groups is 3. The molecule has 2 aromatic rings.